The van der Waals surface area contributed by atoms with E-state index in [1.54, 1.807) is 13.0 Å². The summed E-state index contributed by atoms with van der Waals surface area (Å²) in [6.07, 6.45) is 11.4. The third-order valence-corrected chi connectivity index (χ3v) is 13.5. The summed E-state index contributed by atoms with van der Waals surface area (Å²) in [4.78, 5) is 41.9. The van der Waals surface area contributed by atoms with Crippen molar-refractivity contribution in [1.82, 2.24) is 0 Å². The molecule has 5 heteroatoms. The first-order valence-electron chi connectivity index (χ1n) is 15.8. The van der Waals surface area contributed by atoms with E-state index in [4.69, 9.17) is 4.74 Å². The highest BCUT2D eigenvalue weighted by atomic mass is 16.5. The summed E-state index contributed by atoms with van der Waals surface area (Å²) in [7, 11) is 0. The van der Waals surface area contributed by atoms with Crippen LogP contribution >= 0.6 is 0 Å². The van der Waals surface area contributed by atoms with Gasteiger partial charge in [-0.05, 0) is 97.9 Å². The van der Waals surface area contributed by atoms with Crippen LogP contribution in [0.15, 0.2) is 23.3 Å². The number of rotatable bonds is 4. The fourth-order valence-electron chi connectivity index (χ4n) is 10.7. The van der Waals surface area contributed by atoms with Crippen LogP contribution in [0.1, 0.15) is 107 Å². The molecular formula is C35H49NO4. The predicted octanol–water partition coefficient (Wildman–Crippen LogP) is 7.41. The van der Waals surface area contributed by atoms with Crippen LogP contribution in [-0.4, -0.2) is 24.1 Å². The molecule has 3 saturated carbocycles. The number of nitriles is 1. The number of carbonyl (C=O) groups is 3. The number of allylic oxidation sites excluding steroid dienone is 4. The van der Waals surface area contributed by atoms with E-state index in [0.717, 1.165) is 32.1 Å². The first-order chi connectivity index (χ1) is 18.7. The van der Waals surface area contributed by atoms with Crippen molar-refractivity contribution in [2.75, 3.05) is 6.61 Å². The van der Waals surface area contributed by atoms with E-state index in [9.17, 15) is 19.6 Å². The molecule has 0 aromatic carbocycles. The Morgan fingerprint density at radius 3 is 2.40 bits per heavy atom. The standard InChI is InChI=1S/C35H49NO4/c1-9-10-17-40-30(39)35(8)26-12-14-34(7)28(32(26,5)19-23(20-36)29(35)38)25(37)18-24-27-22(3)21(2)11-13-31(27,4)15-16-33(24,34)6/h18-19,21-22,26-28H,9-17H2,1-8H3/t21-,22+,26?,27+,28-,31-,32+,33-,34-,35?/m1/s1. The van der Waals surface area contributed by atoms with Crippen molar-refractivity contribution in [3.05, 3.63) is 23.3 Å². The lowest BCUT2D eigenvalue weighted by atomic mass is 9.33. The fourth-order valence-corrected chi connectivity index (χ4v) is 10.7. The molecule has 0 aliphatic heterocycles. The summed E-state index contributed by atoms with van der Waals surface area (Å²) < 4.78 is 5.67. The maximum Gasteiger partial charge on any atom is 0.320 e. The minimum absolute atomic E-state index is 0.00313. The molecule has 5 rings (SSSR count). The SMILES string of the molecule is CCCCOC(=O)C1(C)C(=O)C(C#N)=C[C@@]2(C)C1CC[C@]1(C)[C@@H]2C(=O)C=C2[C@@H]3[C@@H](C)[C@H](C)CC[C@]3(C)CC[C@]21C. The Balaban J connectivity index is 1.65. The average Bonchev–Trinajstić information content (AvgIpc) is 2.90. The summed E-state index contributed by atoms with van der Waals surface area (Å²) >= 11 is 0. The summed E-state index contributed by atoms with van der Waals surface area (Å²) in [5.74, 6) is -0.166. The smallest absolute Gasteiger partial charge is 0.320 e. The van der Waals surface area contributed by atoms with Crippen molar-refractivity contribution >= 4 is 17.5 Å². The maximum absolute atomic E-state index is 14.5. The number of ether oxygens (including phenoxy) is 1. The fraction of sp³-hybridized carbons (Fsp3) is 0.771. The van der Waals surface area contributed by atoms with Crippen LogP contribution in [0.3, 0.4) is 0 Å². The number of fused-ring (bicyclic) bond motifs is 7. The zero-order chi connectivity index (χ0) is 29.5. The molecule has 218 valence electrons. The van der Waals surface area contributed by atoms with Gasteiger partial charge in [0, 0.05) is 11.3 Å². The Morgan fingerprint density at radius 2 is 1.75 bits per heavy atom. The van der Waals surface area contributed by atoms with Crippen LogP contribution in [0.4, 0.5) is 0 Å². The van der Waals surface area contributed by atoms with Crippen molar-refractivity contribution in [2.45, 2.75) is 107 Å². The molecule has 5 aliphatic carbocycles. The number of hydrogen-bond donors (Lipinski definition) is 0. The number of unbranched alkanes of at least 4 members (excludes halogenated alkanes) is 1. The number of ketones is 2. The molecule has 10 atom stereocenters. The third-order valence-electron chi connectivity index (χ3n) is 13.5. The highest BCUT2D eigenvalue weighted by molar-refractivity contribution is 6.15. The van der Waals surface area contributed by atoms with Crippen LogP contribution in [0.25, 0.3) is 0 Å². The molecule has 0 spiro atoms. The second kappa shape index (κ2) is 9.40. The first kappa shape index (κ1) is 29.3. The van der Waals surface area contributed by atoms with E-state index >= 15 is 0 Å². The van der Waals surface area contributed by atoms with Gasteiger partial charge in [0.15, 0.2) is 11.6 Å². The van der Waals surface area contributed by atoms with E-state index in [2.05, 4.69) is 40.7 Å². The van der Waals surface area contributed by atoms with E-state index in [0.29, 0.717) is 24.2 Å². The number of carbonyl (C=O) groups excluding carboxylic acids is 3. The monoisotopic (exact) mass is 547 g/mol. The van der Waals surface area contributed by atoms with Crippen LogP contribution in [-0.2, 0) is 19.1 Å². The first-order valence-corrected chi connectivity index (χ1v) is 15.8. The number of esters is 1. The molecule has 40 heavy (non-hydrogen) atoms. The zero-order valence-electron chi connectivity index (χ0n) is 26.0. The van der Waals surface area contributed by atoms with E-state index in [1.807, 2.05) is 19.9 Å². The number of nitrogens with zero attached hydrogens (tertiary/aromatic N) is 1. The van der Waals surface area contributed by atoms with Gasteiger partial charge in [-0.2, -0.15) is 5.26 Å². The molecule has 0 radical (unpaired) electrons. The molecule has 2 unspecified atom stereocenters. The summed E-state index contributed by atoms with van der Waals surface area (Å²) in [6, 6.07) is 2.11. The highest BCUT2D eigenvalue weighted by Gasteiger charge is 2.72. The topological polar surface area (TPSA) is 84.2 Å². The van der Waals surface area contributed by atoms with Crippen molar-refractivity contribution in [2.24, 2.45) is 56.7 Å². The minimum atomic E-state index is -1.48. The molecule has 0 bridgehead atoms. The average molecular weight is 548 g/mol. The molecule has 0 heterocycles. The van der Waals surface area contributed by atoms with Crippen LogP contribution < -0.4 is 0 Å². The van der Waals surface area contributed by atoms with Gasteiger partial charge in [-0.3, -0.25) is 14.4 Å². The molecule has 0 amide bonds. The van der Waals surface area contributed by atoms with E-state index < -0.39 is 34.4 Å². The normalized spacial score (nSPS) is 47.9. The highest BCUT2D eigenvalue weighted by Crippen LogP contribution is 2.74. The van der Waals surface area contributed by atoms with Gasteiger partial charge in [0.1, 0.15) is 11.5 Å². The van der Waals surface area contributed by atoms with Crippen molar-refractivity contribution < 1.29 is 19.1 Å². The molecule has 0 aromatic heterocycles. The Hall–Kier alpha value is -2.22. The number of hydrogen-bond acceptors (Lipinski definition) is 5. The van der Waals surface area contributed by atoms with Gasteiger partial charge in [0.25, 0.3) is 0 Å². The van der Waals surface area contributed by atoms with Gasteiger partial charge >= 0.3 is 5.97 Å². The molecular weight excluding hydrogens is 498 g/mol. The lowest BCUT2D eigenvalue weighted by molar-refractivity contribution is -0.185. The molecule has 0 saturated heterocycles. The maximum atomic E-state index is 14.5. The van der Waals surface area contributed by atoms with Gasteiger partial charge in [0.05, 0.1) is 12.2 Å². The Bertz CT molecular complexity index is 1240. The Labute approximate surface area is 241 Å². The zero-order valence-corrected chi connectivity index (χ0v) is 26.0. The van der Waals surface area contributed by atoms with Gasteiger partial charge in [-0.1, -0.05) is 66.5 Å². The quantitative estimate of drug-likeness (QED) is 0.208. The van der Waals surface area contributed by atoms with E-state index in [1.165, 1.54) is 18.4 Å². The van der Waals surface area contributed by atoms with Gasteiger partial charge in [0.2, 0.25) is 0 Å². The summed E-state index contributed by atoms with van der Waals surface area (Å²) in [5.41, 5.74) is -1.22. The summed E-state index contributed by atoms with van der Waals surface area (Å²) in [6.45, 7) is 17.9. The lowest BCUT2D eigenvalue weighted by Crippen LogP contribution is -2.67. The summed E-state index contributed by atoms with van der Waals surface area (Å²) in [5, 5.41) is 10.1. The predicted molar refractivity (Wildman–Crippen MR) is 155 cm³/mol. The largest absolute Gasteiger partial charge is 0.465 e. The molecule has 3 fully saturated rings. The van der Waals surface area contributed by atoms with Crippen molar-refractivity contribution in [1.29, 1.82) is 5.26 Å². The second-order valence-electron chi connectivity index (χ2n) is 15.3. The van der Waals surface area contributed by atoms with Crippen LogP contribution in [0.5, 0.6) is 0 Å². The van der Waals surface area contributed by atoms with Gasteiger partial charge in [-0.15, -0.1) is 0 Å². The van der Waals surface area contributed by atoms with Crippen LogP contribution in [0.2, 0.25) is 0 Å². The molecule has 5 aliphatic rings. The molecule has 0 N–H and O–H groups in total. The second-order valence-corrected chi connectivity index (χ2v) is 15.3. The Morgan fingerprint density at radius 1 is 1.05 bits per heavy atom. The van der Waals surface area contributed by atoms with Gasteiger partial charge < -0.3 is 4.74 Å². The molecule has 5 nitrogen and oxygen atoms in total. The van der Waals surface area contributed by atoms with Crippen molar-refractivity contribution in [3.8, 4) is 6.07 Å². The van der Waals surface area contributed by atoms with Crippen LogP contribution in [0, 0.1) is 68.0 Å². The molecule has 0 aromatic rings. The van der Waals surface area contributed by atoms with Crippen molar-refractivity contribution in [3.63, 3.8) is 0 Å². The Kier molecular flexibility index (Phi) is 6.88. The van der Waals surface area contributed by atoms with E-state index in [-0.39, 0.29) is 34.2 Å². The lowest BCUT2D eigenvalue weighted by Gasteiger charge is -2.69. The third kappa shape index (κ3) is 3.59. The number of Topliss-reactive ketones (excluding diaryl/α,β-unsaturated/α-hetero) is 1. The minimum Gasteiger partial charge on any atom is -0.465 e. The van der Waals surface area contributed by atoms with Gasteiger partial charge in [-0.25, -0.2) is 0 Å².